The number of halogens is 2. The molecule has 2 N–H and O–H groups in total. The average molecular weight is 504 g/mol. The second kappa shape index (κ2) is 12.2. The van der Waals surface area contributed by atoms with Crippen LogP contribution in [0, 0.1) is 11.6 Å². The predicted molar refractivity (Wildman–Crippen MR) is 134 cm³/mol. The number of amides is 2. The van der Waals surface area contributed by atoms with Crippen molar-refractivity contribution in [2.24, 2.45) is 0 Å². The van der Waals surface area contributed by atoms with Crippen molar-refractivity contribution in [3.63, 3.8) is 0 Å². The summed E-state index contributed by atoms with van der Waals surface area (Å²) in [4.78, 5) is 24.1. The number of hydrogen-bond donors (Lipinski definition) is 2. The molecular weight excluding hydrogens is 482 g/mol. The van der Waals surface area contributed by atoms with E-state index in [2.05, 4.69) is 10.6 Å². The molecule has 7 nitrogen and oxygen atoms in total. The van der Waals surface area contributed by atoms with Crippen LogP contribution in [-0.4, -0.2) is 25.0 Å². The summed E-state index contributed by atoms with van der Waals surface area (Å²) in [5.74, 6) is -0.901. The smallest absolute Gasteiger partial charge is 0.262 e. The molecule has 0 saturated heterocycles. The van der Waals surface area contributed by atoms with E-state index in [9.17, 15) is 18.4 Å². The van der Waals surface area contributed by atoms with Crippen molar-refractivity contribution in [3.8, 4) is 23.0 Å². The lowest BCUT2D eigenvalue weighted by molar-refractivity contribution is -0.118. The summed E-state index contributed by atoms with van der Waals surface area (Å²) < 4.78 is 43.3. The van der Waals surface area contributed by atoms with E-state index >= 15 is 0 Å². The van der Waals surface area contributed by atoms with Gasteiger partial charge < -0.3 is 24.8 Å². The lowest BCUT2D eigenvalue weighted by atomic mass is 10.2. The lowest BCUT2D eigenvalue weighted by Crippen LogP contribution is -2.20. The monoisotopic (exact) mass is 504 g/mol. The molecule has 0 aliphatic rings. The Labute approximate surface area is 211 Å². The number of para-hydroxylation sites is 2. The highest BCUT2D eigenvalue weighted by atomic mass is 19.1. The van der Waals surface area contributed by atoms with Gasteiger partial charge in [0.2, 0.25) is 0 Å². The molecule has 0 unspecified atom stereocenters. The first-order valence-corrected chi connectivity index (χ1v) is 11.2. The van der Waals surface area contributed by atoms with Crippen LogP contribution in [0.15, 0.2) is 97.1 Å². The first kappa shape index (κ1) is 25.2. The van der Waals surface area contributed by atoms with Crippen LogP contribution in [0.1, 0.15) is 0 Å². The van der Waals surface area contributed by atoms with Gasteiger partial charge in [-0.05, 0) is 72.8 Å². The van der Waals surface area contributed by atoms with Gasteiger partial charge in [0.05, 0.1) is 0 Å². The van der Waals surface area contributed by atoms with Gasteiger partial charge in [0.1, 0.15) is 11.5 Å². The molecule has 188 valence electrons. The van der Waals surface area contributed by atoms with Crippen molar-refractivity contribution < 1.29 is 32.6 Å². The second-order valence-corrected chi connectivity index (χ2v) is 7.69. The average Bonchev–Trinajstić information content (AvgIpc) is 2.90. The second-order valence-electron chi connectivity index (χ2n) is 7.69. The highest BCUT2D eigenvalue weighted by molar-refractivity contribution is 5.92. The maximum atomic E-state index is 13.6. The molecule has 0 saturated carbocycles. The van der Waals surface area contributed by atoms with Crippen molar-refractivity contribution in [2.45, 2.75) is 0 Å². The number of nitrogens with one attached hydrogen (secondary N) is 2. The Kier molecular flexibility index (Phi) is 8.28. The Balaban J connectivity index is 1.22. The molecule has 4 aromatic carbocycles. The van der Waals surface area contributed by atoms with Crippen LogP contribution in [0.5, 0.6) is 23.0 Å². The van der Waals surface area contributed by atoms with Gasteiger partial charge in [-0.25, -0.2) is 8.78 Å². The number of carbonyl (C=O) groups excluding carboxylic acids is 2. The number of anilines is 2. The molecule has 9 heteroatoms. The Morgan fingerprint density at radius 1 is 0.568 bits per heavy atom. The topological polar surface area (TPSA) is 85.9 Å². The molecule has 0 atom stereocenters. The van der Waals surface area contributed by atoms with Crippen molar-refractivity contribution in [1.29, 1.82) is 0 Å². The van der Waals surface area contributed by atoms with Crippen LogP contribution in [0.4, 0.5) is 20.2 Å². The third-order valence-corrected chi connectivity index (χ3v) is 4.90. The van der Waals surface area contributed by atoms with E-state index in [1.165, 1.54) is 36.4 Å². The highest BCUT2D eigenvalue weighted by Crippen LogP contribution is 2.25. The van der Waals surface area contributed by atoms with Crippen molar-refractivity contribution in [3.05, 3.63) is 109 Å². The normalized spacial score (nSPS) is 10.3. The molecule has 2 amide bonds. The lowest BCUT2D eigenvalue weighted by Gasteiger charge is -2.10. The summed E-state index contributed by atoms with van der Waals surface area (Å²) >= 11 is 0. The largest absolute Gasteiger partial charge is 0.481 e. The van der Waals surface area contributed by atoms with Crippen LogP contribution in [0.3, 0.4) is 0 Å². The van der Waals surface area contributed by atoms with Gasteiger partial charge in [-0.3, -0.25) is 9.59 Å². The first-order chi connectivity index (χ1) is 18.0. The van der Waals surface area contributed by atoms with Crippen molar-refractivity contribution in [1.82, 2.24) is 0 Å². The van der Waals surface area contributed by atoms with Gasteiger partial charge in [0.15, 0.2) is 36.3 Å². The number of ether oxygens (including phenoxy) is 3. The van der Waals surface area contributed by atoms with E-state index in [0.717, 1.165) is 0 Å². The van der Waals surface area contributed by atoms with Crippen LogP contribution >= 0.6 is 0 Å². The first-order valence-electron chi connectivity index (χ1n) is 11.2. The minimum atomic E-state index is -0.541. The van der Waals surface area contributed by atoms with Gasteiger partial charge in [0, 0.05) is 11.4 Å². The van der Waals surface area contributed by atoms with Gasteiger partial charge in [0.25, 0.3) is 11.8 Å². The van der Waals surface area contributed by atoms with Gasteiger partial charge in [-0.2, -0.15) is 0 Å². The minimum absolute atomic E-state index is 0.00268. The van der Waals surface area contributed by atoms with E-state index in [0.29, 0.717) is 22.9 Å². The maximum Gasteiger partial charge on any atom is 0.262 e. The number of carbonyl (C=O) groups is 2. The van der Waals surface area contributed by atoms with Crippen molar-refractivity contribution in [2.75, 3.05) is 23.8 Å². The fourth-order valence-corrected chi connectivity index (χ4v) is 3.15. The third kappa shape index (κ3) is 7.53. The zero-order valence-corrected chi connectivity index (χ0v) is 19.4. The molecule has 0 aliphatic heterocycles. The zero-order chi connectivity index (χ0) is 26.0. The van der Waals surface area contributed by atoms with Crippen LogP contribution < -0.4 is 24.8 Å². The summed E-state index contributed by atoms with van der Waals surface area (Å²) in [6.07, 6.45) is 0. The summed E-state index contributed by atoms with van der Waals surface area (Å²) in [7, 11) is 0. The van der Waals surface area contributed by atoms with Crippen LogP contribution in [-0.2, 0) is 9.59 Å². The van der Waals surface area contributed by atoms with Crippen molar-refractivity contribution >= 4 is 23.2 Å². The van der Waals surface area contributed by atoms with E-state index < -0.39 is 23.4 Å². The zero-order valence-electron chi connectivity index (χ0n) is 19.4. The Hall–Kier alpha value is -4.92. The number of rotatable bonds is 10. The Morgan fingerprint density at radius 2 is 0.946 bits per heavy atom. The summed E-state index contributed by atoms with van der Waals surface area (Å²) in [5.41, 5.74) is 1.04. The maximum absolute atomic E-state index is 13.6. The van der Waals surface area contributed by atoms with Gasteiger partial charge >= 0.3 is 0 Å². The molecule has 4 aromatic rings. The Bertz CT molecular complexity index is 1260. The SMILES string of the molecule is O=C(COc1ccccc1F)Nc1ccc(Oc2ccc(NC(=O)COc3ccccc3F)cc2)cc1. The predicted octanol–water partition coefficient (Wildman–Crippen LogP) is 5.79. The fourth-order valence-electron chi connectivity index (χ4n) is 3.15. The molecule has 0 fully saturated rings. The standard InChI is InChI=1S/C28H22F2N2O5/c29-23-5-1-3-7-25(23)35-17-27(33)31-19-9-13-21(14-10-19)37-22-15-11-20(12-16-22)32-28(34)18-36-26-8-4-2-6-24(26)30/h1-16H,17-18H2,(H,31,33)(H,32,34). The summed E-state index contributed by atoms with van der Waals surface area (Å²) in [5, 5.41) is 5.32. The fraction of sp³-hybridized carbons (Fsp3) is 0.0714. The molecule has 0 bridgehead atoms. The molecule has 0 aromatic heterocycles. The summed E-state index contributed by atoms with van der Waals surface area (Å²) in [6, 6.07) is 25.0. The van der Waals surface area contributed by atoms with E-state index in [1.54, 1.807) is 60.7 Å². The third-order valence-electron chi connectivity index (χ3n) is 4.90. The number of benzene rings is 4. The molecule has 0 heterocycles. The van der Waals surface area contributed by atoms with E-state index in [1.807, 2.05) is 0 Å². The van der Waals surface area contributed by atoms with Crippen LogP contribution in [0.2, 0.25) is 0 Å². The molecule has 0 spiro atoms. The molecular formula is C28H22F2N2O5. The quantitative estimate of drug-likeness (QED) is 0.286. The summed E-state index contributed by atoms with van der Waals surface area (Å²) in [6.45, 7) is -0.672. The molecule has 37 heavy (non-hydrogen) atoms. The minimum Gasteiger partial charge on any atom is -0.481 e. The number of hydrogen-bond acceptors (Lipinski definition) is 5. The van der Waals surface area contributed by atoms with Gasteiger partial charge in [-0.1, -0.05) is 24.3 Å². The Morgan fingerprint density at radius 3 is 1.32 bits per heavy atom. The molecule has 0 aliphatic carbocycles. The van der Waals surface area contributed by atoms with Gasteiger partial charge in [-0.15, -0.1) is 0 Å². The molecule has 0 radical (unpaired) electrons. The van der Waals surface area contributed by atoms with E-state index in [-0.39, 0.29) is 24.7 Å². The molecule has 4 rings (SSSR count). The highest BCUT2D eigenvalue weighted by Gasteiger charge is 2.09. The van der Waals surface area contributed by atoms with E-state index in [4.69, 9.17) is 14.2 Å². The van der Waals surface area contributed by atoms with Crippen LogP contribution in [0.25, 0.3) is 0 Å².